The molecule has 0 fully saturated rings. The fourth-order valence-corrected chi connectivity index (χ4v) is 0.791. The molecular weight excluding hydrogens is 218 g/mol. The summed E-state index contributed by atoms with van der Waals surface area (Å²) in [4.78, 5) is 2.78. The first kappa shape index (κ1) is 11.0. The molecule has 0 amide bonds. The summed E-state index contributed by atoms with van der Waals surface area (Å²) in [6.07, 6.45) is -4.99. The Hall–Kier alpha value is -2.04. The van der Waals surface area contributed by atoms with Crippen molar-refractivity contribution in [3.8, 4) is 11.9 Å². The van der Waals surface area contributed by atoms with E-state index in [1.54, 1.807) is 0 Å². The average molecular weight is 221 g/mol. The van der Waals surface area contributed by atoms with Crippen LogP contribution >= 0.6 is 0 Å². The number of nitriles is 1. The highest BCUT2D eigenvalue weighted by atomic mass is 19.4. The molecule has 1 aromatic rings. The summed E-state index contributed by atoms with van der Waals surface area (Å²) in [6.45, 7) is 0. The summed E-state index contributed by atoms with van der Waals surface area (Å²) in [5.74, 6) is -2.45. The van der Waals surface area contributed by atoms with Crippen molar-refractivity contribution in [3.63, 3.8) is 0 Å². The number of hydrogen-bond donors (Lipinski definition) is 1. The third-order valence-corrected chi connectivity index (χ3v) is 1.31. The molecule has 0 aliphatic rings. The fourth-order valence-electron chi connectivity index (χ4n) is 0.791. The quantitative estimate of drug-likeness (QED) is 0.577. The number of pyridine rings is 1. The Morgan fingerprint density at radius 2 is 2.07 bits per heavy atom. The first-order valence-electron chi connectivity index (χ1n) is 3.45. The molecule has 0 radical (unpaired) electrons. The van der Waals surface area contributed by atoms with Gasteiger partial charge in [0.05, 0.1) is 5.69 Å². The van der Waals surface area contributed by atoms with Crippen molar-refractivity contribution in [3.05, 3.63) is 17.6 Å². The van der Waals surface area contributed by atoms with Crippen LogP contribution in [-0.4, -0.2) is 11.3 Å². The molecule has 80 valence electrons. The number of ether oxygens (including phenoxy) is 1. The van der Waals surface area contributed by atoms with Gasteiger partial charge in [0, 0.05) is 6.07 Å². The van der Waals surface area contributed by atoms with Gasteiger partial charge in [-0.2, -0.15) is 14.6 Å². The molecule has 15 heavy (non-hydrogen) atoms. The summed E-state index contributed by atoms with van der Waals surface area (Å²) in [6, 6.07) is 1.97. The zero-order chi connectivity index (χ0) is 11.6. The minimum atomic E-state index is -4.99. The van der Waals surface area contributed by atoms with E-state index in [1.165, 1.54) is 6.07 Å². The maximum Gasteiger partial charge on any atom is 0.574 e. The van der Waals surface area contributed by atoms with Crippen LogP contribution < -0.4 is 10.5 Å². The SMILES string of the molecule is N#Cc1c(N)cc(OC(F)(F)F)nc1F. The molecule has 0 atom stereocenters. The minimum absolute atomic E-state index is 0.468. The Labute approximate surface area is 80.9 Å². The lowest BCUT2D eigenvalue weighted by molar-refractivity contribution is -0.276. The van der Waals surface area contributed by atoms with Gasteiger partial charge in [-0.15, -0.1) is 13.2 Å². The number of halogens is 4. The van der Waals surface area contributed by atoms with Gasteiger partial charge in [0.25, 0.3) is 0 Å². The summed E-state index contributed by atoms with van der Waals surface area (Å²) >= 11 is 0. The van der Waals surface area contributed by atoms with Crippen LogP contribution in [0.15, 0.2) is 6.07 Å². The minimum Gasteiger partial charge on any atom is -0.397 e. The Bertz CT molecular complexity index is 400. The smallest absolute Gasteiger partial charge is 0.397 e. The molecule has 0 aliphatic heterocycles. The van der Waals surface area contributed by atoms with Gasteiger partial charge in [0.1, 0.15) is 11.6 Å². The van der Waals surface area contributed by atoms with Gasteiger partial charge in [0.2, 0.25) is 11.8 Å². The van der Waals surface area contributed by atoms with Crippen LogP contribution in [0.25, 0.3) is 0 Å². The van der Waals surface area contributed by atoms with E-state index in [0.29, 0.717) is 6.07 Å². The maximum atomic E-state index is 12.8. The van der Waals surface area contributed by atoms with Crippen LogP contribution in [0.4, 0.5) is 23.2 Å². The van der Waals surface area contributed by atoms with Crippen molar-refractivity contribution < 1.29 is 22.3 Å². The van der Waals surface area contributed by atoms with Crippen LogP contribution in [0.2, 0.25) is 0 Å². The van der Waals surface area contributed by atoms with E-state index in [1.807, 2.05) is 0 Å². The first-order chi connectivity index (χ1) is 6.83. The molecule has 0 aliphatic carbocycles. The second-order valence-electron chi connectivity index (χ2n) is 2.38. The number of nitrogens with two attached hydrogens (primary N) is 1. The standard InChI is InChI=1S/C7H3F4N3O/c8-6-3(2-12)4(13)1-5(14-6)15-7(9,10)11/h1H,(H2,13,14). The third kappa shape index (κ3) is 2.70. The van der Waals surface area contributed by atoms with Gasteiger partial charge in [0.15, 0.2) is 0 Å². The van der Waals surface area contributed by atoms with E-state index < -0.39 is 29.4 Å². The van der Waals surface area contributed by atoms with Crippen LogP contribution in [0, 0.1) is 17.3 Å². The molecule has 1 rings (SSSR count). The van der Waals surface area contributed by atoms with E-state index in [9.17, 15) is 17.6 Å². The van der Waals surface area contributed by atoms with Crippen molar-refractivity contribution >= 4 is 5.69 Å². The molecule has 0 unspecified atom stereocenters. The average Bonchev–Trinajstić information content (AvgIpc) is 1.99. The van der Waals surface area contributed by atoms with Crippen molar-refractivity contribution in [2.24, 2.45) is 0 Å². The largest absolute Gasteiger partial charge is 0.574 e. The van der Waals surface area contributed by atoms with Crippen LogP contribution in [0.5, 0.6) is 5.88 Å². The monoisotopic (exact) mass is 221 g/mol. The number of nitrogens with zero attached hydrogens (tertiary/aromatic N) is 2. The van der Waals surface area contributed by atoms with Crippen LogP contribution in [-0.2, 0) is 0 Å². The first-order valence-corrected chi connectivity index (χ1v) is 3.45. The molecular formula is C7H3F4N3O. The second-order valence-corrected chi connectivity index (χ2v) is 2.38. The van der Waals surface area contributed by atoms with E-state index in [4.69, 9.17) is 11.0 Å². The molecule has 1 heterocycles. The number of rotatable bonds is 1. The predicted octanol–water partition coefficient (Wildman–Crippen LogP) is 1.57. The lowest BCUT2D eigenvalue weighted by Crippen LogP contribution is -2.18. The van der Waals surface area contributed by atoms with E-state index in [2.05, 4.69) is 9.72 Å². The van der Waals surface area contributed by atoms with Crippen LogP contribution in [0.3, 0.4) is 0 Å². The van der Waals surface area contributed by atoms with Crippen molar-refractivity contribution in [2.45, 2.75) is 6.36 Å². The van der Waals surface area contributed by atoms with E-state index >= 15 is 0 Å². The maximum absolute atomic E-state index is 12.8. The molecule has 4 nitrogen and oxygen atoms in total. The Kier molecular flexibility index (Phi) is 2.65. The highest BCUT2D eigenvalue weighted by Crippen LogP contribution is 2.24. The molecule has 2 N–H and O–H groups in total. The predicted molar refractivity (Wildman–Crippen MR) is 40.0 cm³/mol. The Morgan fingerprint density at radius 1 is 1.47 bits per heavy atom. The molecule has 0 spiro atoms. The Balaban J connectivity index is 3.11. The second kappa shape index (κ2) is 3.61. The third-order valence-electron chi connectivity index (χ3n) is 1.31. The summed E-state index contributed by atoms with van der Waals surface area (Å²) in [7, 11) is 0. The number of alkyl halides is 3. The highest BCUT2D eigenvalue weighted by molar-refractivity contribution is 5.55. The lowest BCUT2D eigenvalue weighted by atomic mass is 10.2. The van der Waals surface area contributed by atoms with Gasteiger partial charge in [-0.3, -0.25) is 0 Å². The molecule has 0 saturated carbocycles. The van der Waals surface area contributed by atoms with Gasteiger partial charge in [-0.05, 0) is 0 Å². The van der Waals surface area contributed by atoms with Gasteiger partial charge in [-0.1, -0.05) is 0 Å². The number of aromatic nitrogens is 1. The Morgan fingerprint density at radius 3 is 2.47 bits per heavy atom. The number of nitrogen functional groups attached to an aromatic ring is 1. The summed E-state index contributed by atoms with van der Waals surface area (Å²) in [5, 5.41) is 8.35. The molecule has 8 heteroatoms. The molecule has 0 aromatic carbocycles. The van der Waals surface area contributed by atoms with Crippen molar-refractivity contribution in [2.75, 3.05) is 5.73 Å². The van der Waals surface area contributed by atoms with Gasteiger partial charge >= 0.3 is 6.36 Å². The van der Waals surface area contributed by atoms with Crippen molar-refractivity contribution in [1.82, 2.24) is 4.98 Å². The van der Waals surface area contributed by atoms with E-state index in [0.717, 1.165) is 0 Å². The zero-order valence-corrected chi connectivity index (χ0v) is 6.97. The fraction of sp³-hybridized carbons (Fsp3) is 0.143. The lowest BCUT2D eigenvalue weighted by Gasteiger charge is -2.08. The van der Waals surface area contributed by atoms with Gasteiger partial charge in [-0.25, -0.2) is 0 Å². The normalized spacial score (nSPS) is 10.9. The van der Waals surface area contributed by atoms with Crippen molar-refractivity contribution in [1.29, 1.82) is 5.26 Å². The molecule has 0 saturated heterocycles. The number of hydrogen-bond acceptors (Lipinski definition) is 4. The zero-order valence-electron chi connectivity index (χ0n) is 6.97. The topological polar surface area (TPSA) is 71.9 Å². The van der Waals surface area contributed by atoms with Crippen LogP contribution in [0.1, 0.15) is 5.56 Å². The molecule has 1 aromatic heterocycles. The summed E-state index contributed by atoms with van der Waals surface area (Å²) < 4.78 is 51.2. The van der Waals surface area contributed by atoms with Gasteiger partial charge < -0.3 is 10.5 Å². The summed E-state index contributed by atoms with van der Waals surface area (Å²) in [5.41, 5.74) is 4.01. The highest BCUT2D eigenvalue weighted by Gasteiger charge is 2.32. The van der Waals surface area contributed by atoms with E-state index in [-0.39, 0.29) is 0 Å². The molecule has 0 bridgehead atoms. The number of anilines is 1.